The number of benzene rings is 2. The summed E-state index contributed by atoms with van der Waals surface area (Å²) in [4.78, 5) is 15.8. The molecule has 4 aromatic rings. The summed E-state index contributed by atoms with van der Waals surface area (Å²) in [5, 5.41) is 14.3. The van der Waals surface area contributed by atoms with Gasteiger partial charge in [-0.05, 0) is 29.1 Å². The van der Waals surface area contributed by atoms with Crippen molar-refractivity contribution in [1.82, 2.24) is 10.3 Å². The van der Waals surface area contributed by atoms with Crippen molar-refractivity contribution in [3.8, 4) is 6.07 Å². The number of nitrogens with one attached hydrogen (secondary N) is 2. The Morgan fingerprint density at radius 1 is 1.18 bits per heavy atom. The van der Waals surface area contributed by atoms with E-state index in [0.29, 0.717) is 28.0 Å². The topological polar surface area (TPSA) is 106 Å². The Labute approximate surface area is 206 Å². The molecule has 0 bridgehead atoms. The van der Waals surface area contributed by atoms with Crippen LogP contribution in [-0.2, 0) is 15.8 Å². The molecule has 0 aliphatic heterocycles. The molecule has 2 aromatic heterocycles. The van der Waals surface area contributed by atoms with Gasteiger partial charge in [-0.1, -0.05) is 48.5 Å². The van der Waals surface area contributed by atoms with Gasteiger partial charge in [0.1, 0.15) is 15.2 Å². The van der Waals surface area contributed by atoms with E-state index in [2.05, 4.69) is 16.4 Å². The molecule has 0 fully saturated rings. The Morgan fingerprint density at radius 2 is 1.97 bits per heavy atom. The highest BCUT2D eigenvalue weighted by Gasteiger charge is 2.24. The highest BCUT2D eigenvalue weighted by atomic mass is 32.2. The number of rotatable bonds is 9. The van der Waals surface area contributed by atoms with E-state index in [-0.39, 0.29) is 16.7 Å². The highest BCUT2D eigenvalue weighted by molar-refractivity contribution is 7.99. The second-order valence-corrected chi connectivity index (χ2v) is 11.8. The minimum atomic E-state index is -3.71. The smallest absolute Gasteiger partial charge is 0.273 e. The number of sulfonamides is 1. The first-order chi connectivity index (χ1) is 16.4. The number of nitrogens with zero attached hydrogens (tertiary/aromatic N) is 2. The third-order valence-corrected chi connectivity index (χ3v) is 9.53. The molecule has 4 rings (SSSR count). The van der Waals surface area contributed by atoms with Gasteiger partial charge in [0.25, 0.3) is 15.9 Å². The molecule has 0 radical (unpaired) electrons. The van der Waals surface area contributed by atoms with Crippen LogP contribution in [0.2, 0.25) is 0 Å². The molecule has 1 unspecified atom stereocenters. The first-order valence-corrected chi connectivity index (χ1v) is 13.7. The molecule has 2 N–H and O–H groups in total. The van der Waals surface area contributed by atoms with Crippen molar-refractivity contribution < 1.29 is 13.2 Å². The zero-order chi connectivity index (χ0) is 24.1. The van der Waals surface area contributed by atoms with Crippen molar-refractivity contribution in [3.05, 3.63) is 83.4 Å². The summed E-state index contributed by atoms with van der Waals surface area (Å²) in [5.74, 6) is 0.321. The van der Waals surface area contributed by atoms with E-state index in [9.17, 15) is 18.5 Å². The number of carbonyl (C=O) groups is 1. The summed E-state index contributed by atoms with van der Waals surface area (Å²) in [7, 11) is -2.22. The number of nitriles is 1. The van der Waals surface area contributed by atoms with E-state index in [1.807, 2.05) is 36.4 Å². The molecule has 0 spiro atoms. The van der Waals surface area contributed by atoms with Crippen LogP contribution in [-0.4, -0.2) is 38.2 Å². The fourth-order valence-electron chi connectivity index (χ4n) is 3.39. The van der Waals surface area contributed by atoms with E-state index in [0.717, 1.165) is 16.9 Å². The van der Waals surface area contributed by atoms with Gasteiger partial charge in [0.2, 0.25) is 0 Å². The maximum atomic E-state index is 13.0. The minimum absolute atomic E-state index is 0.196. The van der Waals surface area contributed by atoms with E-state index < -0.39 is 15.3 Å². The van der Waals surface area contributed by atoms with E-state index >= 15 is 0 Å². The molecule has 1 amide bonds. The molecule has 7 nitrogen and oxygen atoms in total. The fraction of sp³-hybridized carbons (Fsp3) is 0.167. The second kappa shape index (κ2) is 10.3. The van der Waals surface area contributed by atoms with Gasteiger partial charge in [0, 0.05) is 24.7 Å². The largest absolute Gasteiger partial charge is 0.349 e. The summed E-state index contributed by atoms with van der Waals surface area (Å²) >= 11 is 2.62. The molecule has 174 valence electrons. The lowest BCUT2D eigenvalue weighted by atomic mass is 10.2. The van der Waals surface area contributed by atoms with Crippen molar-refractivity contribution in [3.63, 3.8) is 0 Å². The summed E-state index contributed by atoms with van der Waals surface area (Å²) in [6.45, 7) is 0.196. The van der Waals surface area contributed by atoms with Gasteiger partial charge in [-0.25, -0.2) is 8.42 Å². The van der Waals surface area contributed by atoms with Crippen molar-refractivity contribution in [1.29, 1.82) is 5.26 Å². The van der Waals surface area contributed by atoms with Crippen LogP contribution in [0.5, 0.6) is 0 Å². The Morgan fingerprint density at radius 3 is 2.68 bits per heavy atom. The molecule has 1 atom stereocenters. The van der Waals surface area contributed by atoms with Gasteiger partial charge < -0.3 is 10.3 Å². The van der Waals surface area contributed by atoms with Gasteiger partial charge in [0.05, 0.1) is 17.3 Å². The number of hydrogen-bond acceptors (Lipinski definition) is 6. The molecule has 10 heteroatoms. The van der Waals surface area contributed by atoms with Crippen LogP contribution in [0.4, 0.5) is 5.69 Å². The van der Waals surface area contributed by atoms with Crippen LogP contribution in [0.3, 0.4) is 0 Å². The normalized spacial score (nSPS) is 12.2. The molecule has 0 aliphatic rings. The molecule has 2 heterocycles. The van der Waals surface area contributed by atoms with Crippen molar-refractivity contribution in [2.75, 3.05) is 17.9 Å². The summed E-state index contributed by atoms with van der Waals surface area (Å²) in [6.07, 6.45) is 0. The van der Waals surface area contributed by atoms with Crippen LogP contribution >= 0.6 is 23.1 Å². The number of thioether (sulfide) groups is 1. The van der Waals surface area contributed by atoms with Gasteiger partial charge >= 0.3 is 0 Å². The maximum Gasteiger partial charge on any atom is 0.273 e. The standard InChI is InChI=1S/C24H22N4O3S3/c1-28(34(30,31)22-11-6-12-32-22)21-10-5-9-18-13-20(27-23(18)21)24(29)26-15-19(14-25)33-16-17-7-3-2-4-8-17/h2-13,19,27H,15-16H2,1H3,(H,26,29). The zero-order valence-corrected chi connectivity index (χ0v) is 20.7. The monoisotopic (exact) mass is 510 g/mol. The van der Waals surface area contributed by atoms with Crippen molar-refractivity contribution >= 4 is 55.6 Å². The van der Waals surface area contributed by atoms with Crippen molar-refractivity contribution in [2.45, 2.75) is 15.2 Å². The Kier molecular flexibility index (Phi) is 7.26. The average molecular weight is 511 g/mol. The molecule has 34 heavy (non-hydrogen) atoms. The Bertz CT molecular complexity index is 1430. The van der Waals surface area contributed by atoms with Crippen LogP contribution in [0.15, 0.2) is 76.3 Å². The number of H-pyrrole nitrogens is 1. The average Bonchev–Trinajstić information content (AvgIpc) is 3.55. The predicted molar refractivity (Wildman–Crippen MR) is 138 cm³/mol. The Balaban J connectivity index is 1.47. The number of thiophene rings is 1. The van der Waals surface area contributed by atoms with Gasteiger partial charge in [0.15, 0.2) is 0 Å². The zero-order valence-electron chi connectivity index (χ0n) is 18.3. The van der Waals surface area contributed by atoms with Crippen LogP contribution < -0.4 is 9.62 Å². The molecular formula is C24H22N4O3S3. The molecule has 0 saturated carbocycles. The number of aromatic amines is 1. The van der Waals surface area contributed by atoms with Gasteiger partial charge in [-0.2, -0.15) is 5.26 Å². The summed E-state index contributed by atoms with van der Waals surface area (Å²) in [6, 6.07) is 22.2. The number of aromatic nitrogens is 1. The number of para-hydroxylation sites is 1. The summed E-state index contributed by atoms with van der Waals surface area (Å²) < 4.78 is 27.4. The van der Waals surface area contributed by atoms with E-state index in [4.69, 9.17) is 0 Å². The van der Waals surface area contributed by atoms with Gasteiger partial charge in [-0.15, -0.1) is 23.1 Å². The third kappa shape index (κ3) is 5.12. The highest BCUT2D eigenvalue weighted by Crippen LogP contribution is 2.31. The third-order valence-electron chi connectivity index (χ3n) is 5.21. The lowest BCUT2D eigenvalue weighted by Gasteiger charge is -2.19. The SMILES string of the molecule is CN(c1cccc2cc(C(=O)NCC(C#N)SCc3ccccc3)[nH]c12)S(=O)(=O)c1cccs1. The first-order valence-electron chi connectivity index (χ1n) is 10.4. The van der Waals surface area contributed by atoms with Crippen molar-refractivity contribution in [2.24, 2.45) is 0 Å². The number of fused-ring (bicyclic) bond motifs is 1. The van der Waals surface area contributed by atoms with E-state index in [1.54, 1.807) is 35.7 Å². The van der Waals surface area contributed by atoms with Crippen LogP contribution in [0, 0.1) is 11.3 Å². The first kappa shape index (κ1) is 23.9. The minimum Gasteiger partial charge on any atom is -0.349 e. The molecular weight excluding hydrogens is 488 g/mol. The van der Waals surface area contributed by atoms with Gasteiger partial charge in [-0.3, -0.25) is 9.10 Å². The molecule has 0 aliphatic carbocycles. The lowest BCUT2D eigenvalue weighted by Crippen LogP contribution is -2.30. The molecule has 2 aromatic carbocycles. The van der Waals surface area contributed by atoms with E-state index in [1.165, 1.54) is 23.1 Å². The Hall–Kier alpha value is -3.26. The number of carbonyl (C=O) groups excluding carboxylic acids is 1. The molecule has 0 saturated heterocycles. The second-order valence-electron chi connectivity index (χ2n) is 7.45. The predicted octanol–water partition coefficient (Wildman–Crippen LogP) is 4.61. The van der Waals surface area contributed by atoms with Crippen LogP contribution in [0.25, 0.3) is 10.9 Å². The van der Waals surface area contributed by atoms with Crippen LogP contribution in [0.1, 0.15) is 16.1 Å². The summed E-state index contributed by atoms with van der Waals surface area (Å²) in [5.41, 5.74) is 2.40. The lowest BCUT2D eigenvalue weighted by molar-refractivity contribution is 0.0951. The number of amides is 1. The number of anilines is 1. The fourth-order valence-corrected chi connectivity index (χ4v) is 6.62. The quantitative estimate of drug-likeness (QED) is 0.342. The number of hydrogen-bond donors (Lipinski definition) is 2. The maximum absolute atomic E-state index is 13.0.